The fourth-order valence-electron chi connectivity index (χ4n) is 8.06. The van der Waals surface area contributed by atoms with E-state index in [4.69, 9.17) is 28.9 Å². The minimum absolute atomic E-state index is 0.0123. The van der Waals surface area contributed by atoms with Crippen LogP contribution in [0.3, 0.4) is 0 Å². The van der Waals surface area contributed by atoms with Gasteiger partial charge in [-0.2, -0.15) is 9.97 Å². The molecular weight excluding hydrogens is 664 g/mol. The number of fused-ring (bicyclic) bond motifs is 4. The number of halogens is 1. The molecule has 0 N–H and O–H groups in total. The zero-order valence-corrected chi connectivity index (χ0v) is 32.9. The highest BCUT2D eigenvalue weighted by Crippen LogP contribution is 2.46. The van der Waals surface area contributed by atoms with Gasteiger partial charge in [-0.15, -0.1) is 0 Å². The first kappa shape index (κ1) is 36.0. The molecule has 3 aliphatic heterocycles. The fourth-order valence-corrected chi connectivity index (χ4v) is 9.37. The number of nitrogens with zero attached hydrogens (tertiary/aromatic N) is 6. The van der Waals surface area contributed by atoms with Gasteiger partial charge in [-0.05, 0) is 102 Å². The minimum Gasteiger partial charge on any atom is -0.462 e. The predicted molar refractivity (Wildman–Crippen MR) is 200 cm³/mol. The minimum atomic E-state index is -2.02. The van der Waals surface area contributed by atoms with Crippen LogP contribution >= 0.6 is 0 Å². The number of carbonyl (C=O) groups is 1. The molecule has 2 aromatic heterocycles. The lowest BCUT2D eigenvalue weighted by molar-refractivity contribution is 0.0122. The van der Waals surface area contributed by atoms with E-state index in [9.17, 15) is 4.79 Å². The Kier molecular flexibility index (Phi) is 9.36. The van der Waals surface area contributed by atoms with E-state index in [-0.39, 0.29) is 52.6 Å². The summed E-state index contributed by atoms with van der Waals surface area (Å²) >= 11 is 0. The van der Waals surface area contributed by atoms with Crippen molar-refractivity contribution in [3.05, 3.63) is 41.3 Å². The molecule has 1 amide bonds. The number of carbonyl (C=O) groups excluding carboxylic acids is 1. The van der Waals surface area contributed by atoms with Crippen molar-refractivity contribution in [3.8, 4) is 17.3 Å². The smallest absolute Gasteiger partial charge is 0.410 e. The van der Waals surface area contributed by atoms with Crippen LogP contribution in [0.4, 0.5) is 15.0 Å². The lowest BCUT2D eigenvalue weighted by Crippen LogP contribution is -2.57. The third-order valence-electron chi connectivity index (χ3n) is 11.8. The van der Waals surface area contributed by atoms with Crippen LogP contribution in [0, 0.1) is 5.82 Å². The Morgan fingerprint density at radius 1 is 1.02 bits per heavy atom. The third kappa shape index (κ3) is 6.95. The summed E-state index contributed by atoms with van der Waals surface area (Å²) in [5.41, 5.74) is 2.92. The summed E-state index contributed by atoms with van der Waals surface area (Å²) in [5.74, 6) is 0.117. The number of aromatic nitrogens is 3. The molecule has 1 aromatic carbocycles. The molecule has 2 bridgehead atoms. The predicted octanol–water partition coefficient (Wildman–Crippen LogP) is 7.90. The van der Waals surface area contributed by atoms with Crippen LogP contribution in [-0.2, 0) is 15.6 Å². The van der Waals surface area contributed by atoms with Gasteiger partial charge in [0.25, 0.3) is 0 Å². The Bertz CT molecular complexity index is 1790. The molecule has 4 aliphatic rings. The average molecular weight is 719 g/mol. The molecule has 0 saturated carbocycles. The largest absolute Gasteiger partial charge is 0.462 e. The van der Waals surface area contributed by atoms with Crippen molar-refractivity contribution in [2.45, 2.75) is 128 Å². The molecule has 0 radical (unpaired) electrons. The van der Waals surface area contributed by atoms with Crippen LogP contribution in [0.15, 0.2) is 24.4 Å². The highest BCUT2D eigenvalue weighted by molar-refractivity contribution is 6.74. The van der Waals surface area contributed by atoms with Gasteiger partial charge in [0.05, 0.1) is 23.6 Å². The van der Waals surface area contributed by atoms with Gasteiger partial charge in [0.15, 0.2) is 14.1 Å². The van der Waals surface area contributed by atoms with E-state index in [1.807, 2.05) is 37.8 Å². The van der Waals surface area contributed by atoms with Gasteiger partial charge in [-0.25, -0.2) is 9.18 Å². The number of likely N-dealkylation sites (tertiary alicyclic amines) is 1. The van der Waals surface area contributed by atoms with Crippen molar-refractivity contribution >= 4 is 31.1 Å². The van der Waals surface area contributed by atoms with Crippen molar-refractivity contribution in [2.75, 3.05) is 38.2 Å². The van der Waals surface area contributed by atoms with Gasteiger partial charge in [-0.3, -0.25) is 9.88 Å². The number of amides is 1. The van der Waals surface area contributed by atoms with Crippen molar-refractivity contribution in [3.63, 3.8) is 0 Å². The lowest BCUT2D eigenvalue weighted by atomic mass is 9.99. The molecular formula is C39H55FN6O4Si. The van der Waals surface area contributed by atoms with Gasteiger partial charge in [0.2, 0.25) is 0 Å². The van der Waals surface area contributed by atoms with Gasteiger partial charge >= 0.3 is 12.1 Å². The second-order valence-electron chi connectivity index (χ2n) is 17.6. The normalized spacial score (nSPS) is 24.0. The van der Waals surface area contributed by atoms with Crippen LogP contribution < -0.4 is 9.64 Å². The first-order valence-electron chi connectivity index (χ1n) is 18.8. The topological polar surface area (TPSA) is 93.2 Å². The molecule has 0 spiro atoms. The van der Waals surface area contributed by atoms with Gasteiger partial charge < -0.3 is 23.7 Å². The summed E-state index contributed by atoms with van der Waals surface area (Å²) in [5, 5.41) is 0.629. The summed E-state index contributed by atoms with van der Waals surface area (Å²) in [6.45, 7) is 19.6. The molecule has 3 aromatic rings. The number of ether oxygens (including phenoxy) is 2. The molecule has 3 saturated heterocycles. The lowest BCUT2D eigenvalue weighted by Gasteiger charge is -2.42. The third-order valence-corrected chi connectivity index (χ3v) is 16.3. The van der Waals surface area contributed by atoms with E-state index >= 15 is 4.39 Å². The van der Waals surface area contributed by atoms with Gasteiger partial charge in [-0.1, -0.05) is 39.0 Å². The molecule has 51 heavy (non-hydrogen) atoms. The summed E-state index contributed by atoms with van der Waals surface area (Å²) in [4.78, 5) is 34.0. The second kappa shape index (κ2) is 13.3. The van der Waals surface area contributed by atoms with E-state index in [2.05, 4.69) is 56.8 Å². The molecule has 4 atom stereocenters. The van der Waals surface area contributed by atoms with Gasteiger partial charge in [0.1, 0.15) is 29.2 Å². The summed E-state index contributed by atoms with van der Waals surface area (Å²) < 4.78 is 36.0. The molecule has 1 aliphatic carbocycles. The Morgan fingerprint density at radius 3 is 2.39 bits per heavy atom. The summed E-state index contributed by atoms with van der Waals surface area (Å²) in [7, 11) is 0.0850. The maximum absolute atomic E-state index is 17.0. The molecule has 5 heterocycles. The van der Waals surface area contributed by atoms with Crippen molar-refractivity contribution < 1.29 is 23.1 Å². The number of anilines is 1. The van der Waals surface area contributed by atoms with E-state index < -0.39 is 19.7 Å². The number of benzene rings is 1. The van der Waals surface area contributed by atoms with Crippen molar-refractivity contribution in [1.82, 2.24) is 24.8 Å². The molecule has 12 heteroatoms. The second-order valence-corrected chi connectivity index (χ2v) is 22.3. The Morgan fingerprint density at radius 2 is 1.75 bits per heavy atom. The molecule has 10 nitrogen and oxygen atoms in total. The first-order valence-corrected chi connectivity index (χ1v) is 21.7. The number of rotatable bonds is 7. The number of hydrogen-bond donors (Lipinski definition) is 0. The zero-order chi connectivity index (χ0) is 36.5. The van der Waals surface area contributed by atoms with Crippen molar-refractivity contribution in [2.24, 2.45) is 0 Å². The number of piperazine rings is 1. The summed E-state index contributed by atoms with van der Waals surface area (Å²) in [6, 6.07) is 6.43. The Hall–Kier alpha value is -3.35. The van der Waals surface area contributed by atoms with E-state index in [0.29, 0.717) is 30.9 Å². The molecule has 3 fully saturated rings. The first-order chi connectivity index (χ1) is 24.0. The van der Waals surface area contributed by atoms with E-state index in [1.54, 1.807) is 6.20 Å². The maximum Gasteiger partial charge on any atom is 0.410 e. The van der Waals surface area contributed by atoms with Crippen LogP contribution in [0.2, 0.25) is 18.1 Å². The van der Waals surface area contributed by atoms with Crippen LogP contribution in [0.1, 0.15) is 90.9 Å². The van der Waals surface area contributed by atoms with Crippen LogP contribution in [0.5, 0.6) is 6.01 Å². The van der Waals surface area contributed by atoms with Gasteiger partial charge in [0, 0.05) is 30.9 Å². The zero-order valence-electron chi connectivity index (χ0n) is 31.9. The van der Waals surface area contributed by atoms with E-state index in [0.717, 1.165) is 61.8 Å². The molecule has 7 rings (SSSR count). The number of pyridine rings is 1. The fraction of sp³-hybridized carbons (Fsp3) is 0.641. The highest BCUT2D eigenvalue weighted by Gasteiger charge is 2.45. The maximum atomic E-state index is 17.0. The molecule has 3 unspecified atom stereocenters. The Labute approximate surface area is 303 Å². The monoisotopic (exact) mass is 718 g/mol. The number of hydrogen-bond acceptors (Lipinski definition) is 9. The van der Waals surface area contributed by atoms with Crippen LogP contribution in [-0.4, -0.2) is 96.2 Å². The standard InChI is InChI=1S/C39H55FN6O4Si/c1-38(2,3)49-37(47)46-24-15-16-25(46)22-45(21-24)35-30-20-41-33(32(40)34(30)42-36(43-35)48-23-26-12-11-19-44(26)7)29-14-10-13-28-27(29)17-18-31(28)50-51(8,9)39(4,5)6/h10,13-14,20,24-26,31H,11-12,15-19,21-23H2,1-9H3/t24?,25?,26-,31?/m0/s1. The average Bonchev–Trinajstić information content (AvgIpc) is 3.73. The summed E-state index contributed by atoms with van der Waals surface area (Å²) in [6.07, 6.45) is 6.99. The Balaban J connectivity index is 1.25. The van der Waals surface area contributed by atoms with Crippen LogP contribution in [0.25, 0.3) is 22.2 Å². The van der Waals surface area contributed by atoms with E-state index in [1.165, 1.54) is 0 Å². The quantitative estimate of drug-likeness (QED) is 0.226. The number of likely N-dealkylation sites (N-methyl/N-ethyl adjacent to an activating group) is 1. The SMILES string of the molecule is CN1CCC[C@H]1COc1nc(N2CC3CCC(C2)N3C(=O)OC(C)(C)C)c2cnc(-c3cccc4c3CCC4O[Si](C)(C)C(C)(C)C)c(F)c2n1. The van der Waals surface area contributed by atoms with Crippen molar-refractivity contribution in [1.29, 1.82) is 0 Å². The highest BCUT2D eigenvalue weighted by atomic mass is 28.4. The molecule has 276 valence electrons.